The Labute approximate surface area is 127 Å². The number of thiophene rings is 1. The fraction of sp³-hybridized carbons (Fsp3) is 0.571. The van der Waals surface area contributed by atoms with Crippen molar-refractivity contribution >= 4 is 33.7 Å². The summed E-state index contributed by atoms with van der Waals surface area (Å²) in [5, 5.41) is 16.0. The molecule has 21 heavy (non-hydrogen) atoms. The van der Waals surface area contributed by atoms with Crippen LogP contribution in [0.15, 0.2) is 0 Å². The van der Waals surface area contributed by atoms with E-state index < -0.39 is 0 Å². The molecular weight excluding hydrogens is 290 g/mol. The Morgan fingerprint density at radius 3 is 2.43 bits per heavy atom. The minimum absolute atomic E-state index is 0.144. The highest BCUT2D eigenvalue weighted by molar-refractivity contribution is 7.19. The van der Waals surface area contributed by atoms with E-state index in [1.807, 2.05) is 0 Å². The van der Waals surface area contributed by atoms with Gasteiger partial charge in [-0.05, 0) is 25.7 Å². The van der Waals surface area contributed by atoms with Gasteiger partial charge in [0.15, 0.2) is 5.78 Å². The normalized spacial score (nSPS) is 21.9. The Morgan fingerprint density at radius 2 is 1.90 bits per heavy atom. The molecule has 0 bridgehead atoms. The molecule has 0 radical (unpaired) electrons. The van der Waals surface area contributed by atoms with Crippen LogP contribution < -0.4 is 16.4 Å². The highest BCUT2D eigenvalue weighted by atomic mass is 32.1. The summed E-state index contributed by atoms with van der Waals surface area (Å²) in [6, 6.07) is 0.190. The van der Waals surface area contributed by atoms with Crippen LogP contribution in [0, 0.1) is 0 Å². The molecule has 1 heterocycles. The number of hydrogen-bond acceptors (Lipinski definition) is 6. The number of nitrogen functional groups attached to an aromatic ring is 1. The monoisotopic (exact) mass is 311 g/mol. The van der Waals surface area contributed by atoms with Crippen LogP contribution in [0.25, 0.3) is 0 Å². The van der Waals surface area contributed by atoms with Crippen LogP contribution in [0.5, 0.6) is 0 Å². The van der Waals surface area contributed by atoms with Crippen LogP contribution in [-0.4, -0.2) is 36.0 Å². The highest BCUT2D eigenvalue weighted by Gasteiger charge is 2.26. The second-order valence-electron chi connectivity index (χ2n) is 5.33. The van der Waals surface area contributed by atoms with Crippen molar-refractivity contribution in [2.75, 3.05) is 18.1 Å². The Balaban J connectivity index is 2.27. The number of aliphatic hydroxyl groups excluding tert-OH is 1. The van der Waals surface area contributed by atoms with Crippen LogP contribution >= 0.6 is 11.3 Å². The molecule has 0 atom stereocenters. The molecule has 1 aliphatic rings. The molecular formula is C14H21N3O3S. The molecule has 1 aromatic rings. The Kier molecular flexibility index (Phi) is 4.84. The number of Topliss-reactive ketones (excluding diaryl/α,β-unsaturated/α-hetero) is 1. The number of amides is 1. The maximum atomic E-state index is 12.0. The molecule has 1 amide bonds. The fourth-order valence-electron chi connectivity index (χ4n) is 2.56. The zero-order valence-electron chi connectivity index (χ0n) is 12.2. The first kappa shape index (κ1) is 15.8. The number of carbonyl (C=O) groups is 2. The van der Waals surface area contributed by atoms with Gasteiger partial charge < -0.3 is 21.5 Å². The molecule has 0 unspecified atom stereocenters. The minimum Gasteiger partial charge on any atom is -0.397 e. The highest BCUT2D eigenvalue weighted by Crippen LogP contribution is 2.37. The van der Waals surface area contributed by atoms with Crippen molar-refractivity contribution in [1.82, 2.24) is 5.32 Å². The zero-order chi connectivity index (χ0) is 15.6. The number of hydrogen-bond donors (Lipinski definition) is 4. The van der Waals surface area contributed by atoms with Gasteiger partial charge in [0, 0.05) is 20.0 Å². The van der Waals surface area contributed by atoms with Crippen LogP contribution in [0.3, 0.4) is 0 Å². The molecule has 0 spiro atoms. The first-order valence-electron chi connectivity index (χ1n) is 7.04. The smallest absolute Gasteiger partial charge is 0.256 e. The number of nitrogens with two attached hydrogens (primary N) is 1. The molecule has 6 nitrogen and oxygen atoms in total. The Hall–Kier alpha value is -1.60. The van der Waals surface area contributed by atoms with E-state index in [-0.39, 0.29) is 29.5 Å². The molecule has 1 aliphatic carbocycles. The predicted molar refractivity (Wildman–Crippen MR) is 84.0 cm³/mol. The van der Waals surface area contributed by atoms with E-state index in [1.165, 1.54) is 25.3 Å². The first-order valence-corrected chi connectivity index (χ1v) is 7.85. The largest absolute Gasteiger partial charge is 0.397 e. The van der Waals surface area contributed by atoms with Gasteiger partial charge in [0.2, 0.25) is 0 Å². The lowest BCUT2D eigenvalue weighted by Gasteiger charge is -2.26. The fourth-order valence-corrected chi connectivity index (χ4v) is 3.65. The summed E-state index contributed by atoms with van der Waals surface area (Å²) in [7, 11) is 1.54. The number of carbonyl (C=O) groups excluding carboxylic acids is 2. The van der Waals surface area contributed by atoms with Gasteiger partial charge in [-0.1, -0.05) is 0 Å². The van der Waals surface area contributed by atoms with Gasteiger partial charge in [0.25, 0.3) is 5.91 Å². The molecule has 0 aromatic carbocycles. The summed E-state index contributed by atoms with van der Waals surface area (Å²) in [4.78, 5) is 24.0. The van der Waals surface area contributed by atoms with E-state index in [4.69, 9.17) is 5.73 Å². The first-order chi connectivity index (χ1) is 9.93. The van der Waals surface area contributed by atoms with Crippen LogP contribution in [0.1, 0.15) is 52.6 Å². The average molecular weight is 311 g/mol. The summed E-state index contributed by atoms with van der Waals surface area (Å²) in [5.41, 5.74) is 6.54. The van der Waals surface area contributed by atoms with E-state index in [9.17, 15) is 14.7 Å². The van der Waals surface area contributed by atoms with Crippen molar-refractivity contribution < 1.29 is 14.7 Å². The van der Waals surface area contributed by atoms with Gasteiger partial charge in [-0.15, -0.1) is 11.3 Å². The minimum atomic E-state index is -0.297. The lowest BCUT2D eigenvalue weighted by Crippen LogP contribution is -2.29. The summed E-state index contributed by atoms with van der Waals surface area (Å²) >= 11 is 1.22. The summed E-state index contributed by atoms with van der Waals surface area (Å²) in [6.07, 6.45) is 2.92. The molecule has 1 fully saturated rings. The molecule has 0 aliphatic heterocycles. The SMILES string of the molecule is CNC(=O)c1c(NC2CCC(O)CC2)sc(C(C)=O)c1N. The van der Waals surface area contributed by atoms with Gasteiger partial charge in [0.05, 0.1) is 22.2 Å². The van der Waals surface area contributed by atoms with Crippen molar-refractivity contribution in [3.05, 3.63) is 10.4 Å². The number of rotatable bonds is 4. The van der Waals surface area contributed by atoms with Crippen molar-refractivity contribution in [2.24, 2.45) is 0 Å². The van der Waals surface area contributed by atoms with Gasteiger partial charge in [-0.3, -0.25) is 9.59 Å². The van der Waals surface area contributed by atoms with E-state index >= 15 is 0 Å². The van der Waals surface area contributed by atoms with Gasteiger partial charge in [-0.25, -0.2) is 0 Å². The topological polar surface area (TPSA) is 104 Å². The Morgan fingerprint density at radius 1 is 1.29 bits per heavy atom. The van der Waals surface area contributed by atoms with Crippen molar-refractivity contribution in [2.45, 2.75) is 44.8 Å². The van der Waals surface area contributed by atoms with E-state index in [0.29, 0.717) is 15.4 Å². The van der Waals surface area contributed by atoms with E-state index in [2.05, 4.69) is 10.6 Å². The zero-order valence-corrected chi connectivity index (χ0v) is 13.0. The maximum absolute atomic E-state index is 12.0. The lowest BCUT2D eigenvalue weighted by atomic mass is 9.93. The molecule has 5 N–H and O–H groups in total. The maximum Gasteiger partial charge on any atom is 0.256 e. The third kappa shape index (κ3) is 3.36. The molecule has 0 saturated heterocycles. The van der Waals surface area contributed by atoms with E-state index in [1.54, 1.807) is 0 Å². The van der Waals surface area contributed by atoms with Gasteiger partial charge in [-0.2, -0.15) is 0 Å². The van der Waals surface area contributed by atoms with E-state index in [0.717, 1.165) is 25.7 Å². The number of anilines is 2. The standard InChI is InChI=1S/C14H21N3O3S/c1-7(18)12-11(15)10(13(20)16-2)14(21-12)17-8-3-5-9(19)6-4-8/h8-9,17,19H,3-6,15H2,1-2H3,(H,16,20). The average Bonchev–Trinajstić information content (AvgIpc) is 2.77. The van der Waals surface area contributed by atoms with Gasteiger partial charge in [0.1, 0.15) is 5.00 Å². The third-order valence-electron chi connectivity index (χ3n) is 3.75. The molecule has 7 heteroatoms. The quantitative estimate of drug-likeness (QED) is 0.632. The van der Waals surface area contributed by atoms with Crippen molar-refractivity contribution in [3.63, 3.8) is 0 Å². The number of nitrogens with one attached hydrogen (secondary N) is 2. The number of aliphatic hydroxyl groups is 1. The second kappa shape index (κ2) is 6.44. The van der Waals surface area contributed by atoms with Crippen molar-refractivity contribution in [1.29, 1.82) is 0 Å². The number of ketones is 1. The second-order valence-corrected chi connectivity index (χ2v) is 6.35. The molecule has 1 saturated carbocycles. The summed E-state index contributed by atoms with van der Waals surface area (Å²) < 4.78 is 0. The summed E-state index contributed by atoms with van der Waals surface area (Å²) in [5.74, 6) is -0.440. The van der Waals surface area contributed by atoms with Crippen LogP contribution in [0.4, 0.5) is 10.7 Å². The van der Waals surface area contributed by atoms with Crippen molar-refractivity contribution in [3.8, 4) is 0 Å². The predicted octanol–water partition coefficient (Wildman–Crippen LogP) is 1.61. The molecule has 2 rings (SSSR count). The van der Waals surface area contributed by atoms with Crippen LogP contribution in [-0.2, 0) is 0 Å². The Bertz CT molecular complexity index is 548. The molecule has 1 aromatic heterocycles. The van der Waals surface area contributed by atoms with Crippen LogP contribution in [0.2, 0.25) is 0 Å². The third-order valence-corrected chi connectivity index (χ3v) is 4.99. The van der Waals surface area contributed by atoms with Gasteiger partial charge >= 0.3 is 0 Å². The molecule has 116 valence electrons. The lowest BCUT2D eigenvalue weighted by molar-refractivity contribution is 0.0964. The summed E-state index contributed by atoms with van der Waals surface area (Å²) in [6.45, 7) is 1.44.